The molecule has 116 valence electrons. The van der Waals surface area contributed by atoms with Gasteiger partial charge in [0.2, 0.25) is 0 Å². The first-order chi connectivity index (χ1) is 11.1. The normalized spacial score (nSPS) is 10.5. The van der Waals surface area contributed by atoms with Crippen molar-refractivity contribution in [3.05, 3.63) is 42.5 Å². The van der Waals surface area contributed by atoms with Crippen molar-refractivity contribution in [2.45, 2.75) is 0 Å². The average molecular weight is 310 g/mol. The van der Waals surface area contributed by atoms with E-state index in [0.717, 1.165) is 0 Å². The van der Waals surface area contributed by atoms with Crippen LogP contribution in [0.2, 0.25) is 0 Å². The summed E-state index contributed by atoms with van der Waals surface area (Å²) in [4.78, 5) is 23.2. The molecule has 3 rings (SSSR count). The number of anilines is 3. The zero-order valence-corrected chi connectivity index (χ0v) is 12.3. The summed E-state index contributed by atoms with van der Waals surface area (Å²) in [6.07, 6.45) is 5.24. The number of aldehydes is 1. The lowest BCUT2D eigenvalue weighted by atomic mass is 10.2. The maximum Gasteiger partial charge on any atom is 0.199 e. The van der Waals surface area contributed by atoms with Gasteiger partial charge in [0.1, 0.15) is 12.0 Å². The SMILES string of the molecule is Cn1cnc(-c2ccc(N(N)c3ncc(C=O)cc3N)cn2)n1. The van der Waals surface area contributed by atoms with Crippen LogP contribution in [0, 0.1) is 0 Å². The molecule has 0 saturated heterocycles. The van der Waals surface area contributed by atoms with Crippen molar-refractivity contribution >= 4 is 23.5 Å². The van der Waals surface area contributed by atoms with Gasteiger partial charge in [-0.3, -0.25) is 19.5 Å². The largest absolute Gasteiger partial charge is 0.396 e. The molecule has 0 saturated carbocycles. The maximum absolute atomic E-state index is 10.7. The summed E-state index contributed by atoms with van der Waals surface area (Å²) in [7, 11) is 1.78. The van der Waals surface area contributed by atoms with Crippen molar-refractivity contribution in [2.24, 2.45) is 12.9 Å². The molecule has 9 nitrogen and oxygen atoms in total. The Balaban J connectivity index is 1.88. The van der Waals surface area contributed by atoms with Gasteiger partial charge < -0.3 is 5.73 Å². The Kier molecular flexibility index (Phi) is 3.69. The lowest BCUT2D eigenvalue weighted by Gasteiger charge is -2.19. The van der Waals surface area contributed by atoms with E-state index in [1.54, 1.807) is 36.4 Å². The molecule has 9 heteroatoms. The fourth-order valence-electron chi connectivity index (χ4n) is 2.00. The number of carbonyl (C=O) groups is 1. The van der Waals surface area contributed by atoms with E-state index in [2.05, 4.69) is 20.1 Å². The fraction of sp³-hybridized carbons (Fsp3) is 0.0714. The van der Waals surface area contributed by atoms with Gasteiger partial charge in [-0.1, -0.05) is 0 Å². The third-order valence-electron chi connectivity index (χ3n) is 3.14. The number of aromatic nitrogens is 5. The van der Waals surface area contributed by atoms with Crippen molar-refractivity contribution in [3.63, 3.8) is 0 Å². The van der Waals surface area contributed by atoms with E-state index in [4.69, 9.17) is 11.6 Å². The van der Waals surface area contributed by atoms with Crippen LogP contribution in [0.1, 0.15) is 10.4 Å². The number of aryl methyl sites for hydroxylation is 1. The third-order valence-corrected chi connectivity index (χ3v) is 3.14. The van der Waals surface area contributed by atoms with Gasteiger partial charge in [-0.05, 0) is 18.2 Å². The number of hydrazine groups is 1. The number of hydrogen-bond acceptors (Lipinski definition) is 8. The Hall–Kier alpha value is -3.33. The Morgan fingerprint density at radius 3 is 2.61 bits per heavy atom. The highest BCUT2D eigenvalue weighted by Gasteiger charge is 2.12. The van der Waals surface area contributed by atoms with Crippen LogP contribution in [0.15, 0.2) is 36.9 Å². The first-order valence-electron chi connectivity index (χ1n) is 6.66. The maximum atomic E-state index is 10.7. The topological polar surface area (TPSA) is 129 Å². The smallest absolute Gasteiger partial charge is 0.199 e. The number of rotatable bonds is 4. The van der Waals surface area contributed by atoms with Gasteiger partial charge in [-0.25, -0.2) is 15.8 Å². The molecule has 23 heavy (non-hydrogen) atoms. The molecule has 0 aliphatic carbocycles. The number of hydrogen-bond donors (Lipinski definition) is 2. The van der Waals surface area contributed by atoms with Crippen molar-refractivity contribution < 1.29 is 4.79 Å². The molecule has 0 aliphatic rings. The van der Waals surface area contributed by atoms with Gasteiger partial charge in [0.25, 0.3) is 0 Å². The highest BCUT2D eigenvalue weighted by atomic mass is 16.1. The van der Waals surface area contributed by atoms with Crippen LogP contribution in [0.4, 0.5) is 17.2 Å². The van der Waals surface area contributed by atoms with Crippen molar-refractivity contribution in [3.8, 4) is 11.5 Å². The number of carbonyl (C=O) groups excluding carboxylic acids is 1. The van der Waals surface area contributed by atoms with Crippen LogP contribution in [0.25, 0.3) is 11.5 Å². The van der Waals surface area contributed by atoms with Gasteiger partial charge in [0.05, 0.1) is 17.6 Å². The molecule has 3 aromatic heterocycles. The van der Waals surface area contributed by atoms with Gasteiger partial charge in [-0.15, -0.1) is 5.10 Å². The lowest BCUT2D eigenvalue weighted by Crippen LogP contribution is -2.27. The summed E-state index contributed by atoms with van der Waals surface area (Å²) in [5.41, 5.74) is 7.77. The van der Waals surface area contributed by atoms with Gasteiger partial charge >= 0.3 is 0 Å². The van der Waals surface area contributed by atoms with Crippen molar-refractivity contribution in [1.29, 1.82) is 0 Å². The van der Waals surface area contributed by atoms with E-state index in [1.807, 2.05) is 0 Å². The van der Waals surface area contributed by atoms with E-state index in [-0.39, 0.29) is 0 Å². The molecule has 0 atom stereocenters. The van der Waals surface area contributed by atoms with E-state index in [0.29, 0.717) is 40.6 Å². The highest BCUT2D eigenvalue weighted by molar-refractivity contribution is 5.80. The van der Waals surface area contributed by atoms with Crippen LogP contribution in [-0.2, 0) is 7.05 Å². The van der Waals surface area contributed by atoms with Gasteiger partial charge in [0.15, 0.2) is 17.9 Å². The van der Waals surface area contributed by atoms with Crippen molar-refractivity contribution in [2.75, 3.05) is 10.7 Å². The molecular formula is C14H14N8O. The second-order valence-electron chi connectivity index (χ2n) is 4.81. The summed E-state index contributed by atoms with van der Waals surface area (Å²) in [6, 6.07) is 5.02. The van der Waals surface area contributed by atoms with Crippen LogP contribution in [0.3, 0.4) is 0 Å². The van der Waals surface area contributed by atoms with Crippen LogP contribution < -0.4 is 16.6 Å². The molecule has 0 radical (unpaired) electrons. The molecule has 0 bridgehead atoms. The first kappa shape index (κ1) is 14.6. The quantitative estimate of drug-likeness (QED) is 0.409. The van der Waals surface area contributed by atoms with E-state index >= 15 is 0 Å². The summed E-state index contributed by atoms with van der Waals surface area (Å²) in [5, 5.41) is 5.48. The second-order valence-corrected chi connectivity index (χ2v) is 4.81. The zero-order valence-electron chi connectivity index (χ0n) is 12.3. The minimum absolute atomic E-state index is 0.299. The number of nitrogens with zero attached hydrogens (tertiary/aromatic N) is 6. The fourth-order valence-corrected chi connectivity index (χ4v) is 2.00. The van der Waals surface area contributed by atoms with Gasteiger partial charge in [0, 0.05) is 18.8 Å². The van der Waals surface area contributed by atoms with Gasteiger partial charge in [-0.2, -0.15) is 0 Å². The monoisotopic (exact) mass is 310 g/mol. The predicted molar refractivity (Wildman–Crippen MR) is 84.6 cm³/mol. The molecule has 0 spiro atoms. The Bertz CT molecular complexity index is 842. The van der Waals surface area contributed by atoms with Crippen LogP contribution in [0.5, 0.6) is 0 Å². The summed E-state index contributed by atoms with van der Waals surface area (Å²) in [5.74, 6) is 6.89. The minimum Gasteiger partial charge on any atom is -0.396 e. The molecule has 0 aliphatic heterocycles. The summed E-state index contributed by atoms with van der Waals surface area (Å²) >= 11 is 0. The first-order valence-corrected chi connectivity index (χ1v) is 6.66. The molecule has 0 amide bonds. The number of nitrogen functional groups attached to an aromatic ring is 1. The Morgan fingerprint density at radius 2 is 2.04 bits per heavy atom. The van der Waals surface area contributed by atoms with E-state index in [1.165, 1.54) is 17.3 Å². The number of nitrogens with two attached hydrogens (primary N) is 2. The Morgan fingerprint density at radius 1 is 1.22 bits per heavy atom. The standard InChI is InChI=1S/C14H14N8O/c1-21-8-19-13(20-21)12-3-2-10(6-17-12)22(16)14-11(15)4-9(7-23)5-18-14/h2-8H,15-16H2,1H3. The molecule has 0 aromatic carbocycles. The number of pyridine rings is 2. The molecule has 3 heterocycles. The average Bonchev–Trinajstić information content (AvgIpc) is 3.00. The van der Waals surface area contributed by atoms with E-state index < -0.39 is 0 Å². The summed E-state index contributed by atoms with van der Waals surface area (Å²) < 4.78 is 1.60. The van der Waals surface area contributed by atoms with E-state index in [9.17, 15) is 4.79 Å². The minimum atomic E-state index is 0.299. The molecular weight excluding hydrogens is 296 g/mol. The second kappa shape index (κ2) is 5.81. The molecule has 0 fully saturated rings. The molecule has 0 unspecified atom stereocenters. The Labute approximate surface area is 131 Å². The van der Waals surface area contributed by atoms with Crippen LogP contribution >= 0.6 is 0 Å². The lowest BCUT2D eigenvalue weighted by molar-refractivity contribution is 0.112. The molecule has 3 aromatic rings. The highest BCUT2D eigenvalue weighted by Crippen LogP contribution is 2.26. The van der Waals surface area contributed by atoms with Crippen LogP contribution in [-0.4, -0.2) is 31.0 Å². The predicted octanol–water partition coefficient (Wildman–Crippen LogP) is 0.679. The summed E-state index contributed by atoms with van der Waals surface area (Å²) in [6.45, 7) is 0. The molecule has 4 N–H and O–H groups in total. The van der Waals surface area contributed by atoms with Crippen molar-refractivity contribution in [1.82, 2.24) is 24.7 Å². The third kappa shape index (κ3) is 2.85. The zero-order chi connectivity index (χ0) is 16.4.